The number of aromatic nitrogens is 1. The maximum absolute atomic E-state index is 12.4. The van der Waals surface area contributed by atoms with E-state index in [9.17, 15) is 8.78 Å². The van der Waals surface area contributed by atoms with Crippen molar-refractivity contribution in [1.82, 2.24) is 4.98 Å². The van der Waals surface area contributed by atoms with E-state index in [-0.39, 0.29) is 28.5 Å². The van der Waals surface area contributed by atoms with Gasteiger partial charge in [-0.2, -0.15) is 0 Å². The Morgan fingerprint density at radius 2 is 2.14 bits per heavy atom. The van der Waals surface area contributed by atoms with Gasteiger partial charge in [0, 0.05) is 12.1 Å². The highest BCUT2D eigenvalue weighted by Crippen LogP contribution is 2.26. The van der Waals surface area contributed by atoms with Crippen molar-refractivity contribution in [2.75, 3.05) is 0 Å². The highest BCUT2D eigenvalue weighted by Gasteiger charge is 2.16. The quantitative estimate of drug-likeness (QED) is 0.817. The molecular weight excluding hydrogens is 214 g/mol. The lowest BCUT2D eigenvalue weighted by atomic mass is 10.2. The van der Waals surface area contributed by atoms with Gasteiger partial charge < -0.3 is 10.8 Å². The van der Waals surface area contributed by atoms with Crippen molar-refractivity contribution >= 4 is 11.6 Å². The first-order chi connectivity index (χ1) is 6.60. The zero-order chi connectivity index (χ0) is 10.7. The third-order valence-electron chi connectivity index (χ3n) is 1.74. The molecule has 0 amide bonds. The molecule has 0 unspecified atom stereocenters. The monoisotopic (exact) mass is 222 g/mol. The van der Waals surface area contributed by atoms with Gasteiger partial charge in [-0.05, 0) is 6.07 Å². The molecule has 0 saturated heterocycles. The molecule has 0 aliphatic heterocycles. The Bertz CT molecular complexity index is 333. The van der Waals surface area contributed by atoms with E-state index in [1.165, 1.54) is 0 Å². The van der Waals surface area contributed by atoms with Crippen molar-refractivity contribution in [2.45, 2.75) is 19.6 Å². The molecule has 1 aromatic rings. The summed E-state index contributed by atoms with van der Waals surface area (Å²) in [6, 6.07) is 1.09. The minimum atomic E-state index is -2.66. The summed E-state index contributed by atoms with van der Waals surface area (Å²) in [5, 5.41) is 8.82. The molecule has 0 aromatic carbocycles. The van der Waals surface area contributed by atoms with E-state index in [0.717, 1.165) is 6.07 Å². The Labute approximate surface area is 84.5 Å². The van der Waals surface area contributed by atoms with E-state index in [1.54, 1.807) is 0 Å². The van der Waals surface area contributed by atoms with Gasteiger partial charge in [0.25, 0.3) is 6.43 Å². The summed E-state index contributed by atoms with van der Waals surface area (Å²) in [7, 11) is 0. The number of nitrogens with zero attached hydrogens (tertiary/aromatic N) is 1. The van der Waals surface area contributed by atoms with Crippen LogP contribution in [0, 0.1) is 0 Å². The molecule has 1 aromatic heterocycles. The zero-order valence-corrected chi connectivity index (χ0v) is 7.93. The Morgan fingerprint density at radius 1 is 1.50 bits per heavy atom. The van der Waals surface area contributed by atoms with Crippen LogP contribution in [0.25, 0.3) is 0 Å². The molecule has 6 heteroatoms. The molecule has 3 nitrogen and oxygen atoms in total. The van der Waals surface area contributed by atoms with Crippen LogP contribution >= 0.6 is 11.6 Å². The second kappa shape index (κ2) is 4.63. The van der Waals surface area contributed by atoms with Crippen molar-refractivity contribution < 1.29 is 13.9 Å². The van der Waals surface area contributed by atoms with Crippen LogP contribution in [0.3, 0.4) is 0 Å². The number of hydrogen-bond donors (Lipinski definition) is 2. The number of aliphatic hydroxyl groups excluding tert-OH is 1. The first-order valence-electron chi connectivity index (χ1n) is 3.87. The third kappa shape index (κ3) is 2.17. The minimum absolute atomic E-state index is 0.0278. The van der Waals surface area contributed by atoms with Gasteiger partial charge in [-0.15, -0.1) is 0 Å². The highest BCUT2D eigenvalue weighted by atomic mass is 35.5. The zero-order valence-electron chi connectivity index (χ0n) is 7.17. The summed E-state index contributed by atoms with van der Waals surface area (Å²) in [6.07, 6.45) is -2.66. The van der Waals surface area contributed by atoms with Crippen molar-refractivity contribution in [2.24, 2.45) is 5.73 Å². The molecular formula is C8H9ClF2N2O. The number of rotatable bonds is 3. The second-order valence-electron chi connectivity index (χ2n) is 2.62. The Balaban J connectivity index is 3.24. The summed E-state index contributed by atoms with van der Waals surface area (Å²) >= 11 is 5.61. The number of aliphatic hydroxyl groups is 1. The molecule has 0 atom stereocenters. The van der Waals surface area contributed by atoms with Crippen LogP contribution < -0.4 is 5.73 Å². The van der Waals surface area contributed by atoms with Crippen molar-refractivity contribution in [3.8, 4) is 0 Å². The smallest absolute Gasteiger partial charge is 0.265 e. The van der Waals surface area contributed by atoms with Crippen molar-refractivity contribution in [3.05, 3.63) is 28.0 Å². The van der Waals surface area contributed by atoms with Gasteiger partial charge in [-0.25, -0.2) is 8.78 Å². The summed E-state index contributed by atoms with van der Waals surface area (Å²) in [6.45, 7) is -0.501. The average molecular weight is 223 g/mol. The van der Waals surface area contributed by atoms with Crippen LogP contribution in [0.1, 0.15) is 23.4 Å². The van der Waals surface area contributed by atoms with Gasteiger partial charge in [0.15, 0.2) is 0 Å². The van der Waals surface area contributed by atoms with Gasteiger partial charge in [0.1, 0.15) is 0 Å². The molecule has 0 radical (unpaired) electrons. The number of alkyl halides is 2. The summed E-state index contributed by atoms with van der Waals surface area (Å²) in [4.78, 5) is 3.74. The fraction of sp³-hybridized carbons (Fsp3) is 0.375. The van der Waals surface area contributed by atoms with E-state index in [4.69, 9.17) is 22.4 Å². The third-order valence-corrected chi connectivity index (χ3v) is 2.07. The van der Waals surface area contributed by atoms with E-state index in [2.05, 4.69) is 4.98 Å². The van der Waals surface area contributed by atoms with Crippen LogP contribution in [0.15, 0.2) is 6.07 Å². The number of halogens is 3. The van der Waals surface area contributed by atoms with Crippen LogP contribution in [0.4, 0.5) is 8.78 Å². The van der Waals surface area contributed by atoms with Crippen molar-refractivity contribution in [1.29, 1.82) is 0 Å². The van der Waals surface area contributed by atoms with Crippen LogP contribution in [0.2, 0.25) is 5.02 Å². The Hall–Kier alpha value is -0.780. The molecule has 14 heavy (non-hydrogen) atoms. The first kappa shape index (κ1) is 11.3. The SMILES string of the molecule is NCc1nc(CO)c(Cl)cc1C(F)F. The molecule has 1 rings (SSSR count). The van der Waals surface area contributed by atoms with E-state index in [1.807, 2.05) is 0 Å². The molecule has 0 saturated carbocycles. The number of nitrogens with two attached hydrogens (primary N) is 1. The number of hydrogen-bond acceptors (Lipinski definition) is 3. The highest BCUT2D eigenvalue weighted by molar-refractivity contribution is 6.31. The maximum Gasteiger partial charge on any atom is 0.265 e. The van der Waals surface area contributed by atoms with Gasteiger partial charge in [0.05, 0.1) is 23.0 Å². The first-order valence-corrected chi connectivity index (χ1v) is 4.25. The normalized spacial score (nSPS) is 11.0. The van der Waals surface area contributed by atoms with Gasteiger partial charge in [0.2, 0.25) is 0 Å². The van der Waals surface area contributed by atoms with E-state index >= 15 is 0 Å². The molecule has 0 bridgehead atoms. The van der Waals surface area contributed by atoms with Gasteiger partial charge >= 0.3 is 0 Å². The van der Waals surface area contributed by atoms with E-state index in [0.29, 0.717) is 0 Å². The molecule has 0 fully saturated rings. The summed E-state index contributed by atoms with van der Waals surface area (Å²) < 4.78 is 24.8. The van der Waals surface area contributed by atoms with Gasteiger partial charge in [-0.3, -0.25) is 4.98 Å². The molecule has 1 heterocycles. The molecule has 3 N–H and O–H groups in total. The topological polar surface area (TPSA) is 59.1 Å². The average Bonchev–Trinajstić information content (AvgIpc) is 2.17. The lowest BCUT2D eigenvalue weighted by Gasteiger charge is -2.09. The van der Waals surface area contributed by atoms with Gasteiger partial charge in [-0.1, -0.05) is 11.6 Å². The molecule has 0 aliphatic carbocycles. The fourth-order valence-electron chi connectivity index (χ4n) is 1.05. The summed E-state index contributed by atoms with van der Waals surface area (Å²) in [5.41, 5.74) is 5.19. The summed E-state index contributed by atoms with van der Waals surface area (Å²) in [5.74, 6) is 0. The predicted molar refractivity (Wildman–Crippen MR) is 48.0 cm³/mol. The molecule has 0 aliphatic rings. The maximum atomic E-state index is 12.4. The van der Waals surface area contributed by atoms with Crippen LogP contribution in [-0.4, -0.2) is 10.1 Å². The van der Waals surface area contributed by atoms with Crippen molar-refractivity contribution in [3.63, 3.8) is 0 Å². The predicted octanol–water partition coefficient (Wildman–Crippen LogP) is 1.62. The fourth-order valence-corrected chi connectivity index (χ4v) is 1.27. The van der Waals surface area contributed by atoms with Crippen LogP contribution in [0.5, 0.6) is 0 Å². The number of pyridine rings is 1. The molecule has 0 spiro atoms. The van der Waals surface area contributed by atoms with Crippen LogP contribution in [-0.2, 0) is 13.2 Å². The second-order valence-corrected chi connectivity index (χ2v) is 3.02. The standard InChI is InChI=1S/C8H9ClF2N2O/c9-5-1-4(8(10)11)6(2-12)13-7(5)3-14/h1,8,14H,2-3,12H2. The lowest BCUT2D eigenvalue weighted by Crippen LogP contribution is -2.08. The Kier molecular flexibility index (Phi) is 3.74. The minimum Gasteiger partial charge on any atom is -0.390 e. The largest absolute Gasteiger partial charge is 0.390 e. The molecule has 78 valence electrons. The Morgan fingerprint density at radius 3 is 2.57 bits per heavy atom. The van der Waals surface area contributed by atoms with E-state index < -0.39 is 13.0 Å². The lowest BCUT2D eigenvalue weighted by molar-refractivity contribution is 0.149.